The van der Waals surface area contributed by atoms with E-state index in [1.165, 1.54) is 12.1 Å². The van der Waals surface area contributed by atoms with Crippen molar-refractivity contribution < 1.29 is 4.39 Å². The summed E-state index contributed by atoms with van der Waals surface area (Å²) in [6.07, 6.45) is 3.83. The fourth-order valence-corrected chi connectivity index (χ4v) is 1.87. The summed E-state index contributed by atoms with van der Waals surface area (Å²) in [7, 11) is 0. The third-order valence-electron chi connectivity index (χ3n) is 2.79. The Labute approximate surface area is 105 Å². The molecule has 5 heteroatoms. The molecular weight excluding hydrogens is 231 g/mol. The smallest absolute Gasteiger partial charge is 0.123 e. The van der Waals surface area contributed by atoms with Gasteiger partial charge < -0.3 is 5.73 Å². The van der Waals surface area contributed by atoms with Crippen molar-refractivity contribution in [3.05, 3.63) is 59.7 Å². The Bertz CT molecular complexity index is 530. The molecule has 1 aromatic heterocycles. The van der Waals surface area contributed by atoms with Gasteiger partial charge >= 0.3 is 0 Å². The Kier molecular flexibility index (Phi) is 3.86. The van der Waals surface area contributed by atoms with Crippen molar-refractivity contribution in [2.75, 3.05) is 5.73 Å². The fourth-order valence-electron chi connectivity index (χ4n) is 1.87. The number of pyridine rings is 1. The van der Waals surface area contributed by atoms with Gasteiger partial charge in [-0.25, -0.2) is 4.39 Å². The average Bonchev–Trinajstić information content (AvgIpc) is 2.37. The van der Waals surface area contributed by atoms with Crippen LogP contribution in [0.15, 0.2) is 42.7 Å². The lowest BCUT2D eigenvalue weighted by molar-refractivity contribution is 0.548. The predicted molar refractivity (Wildman–Crippen MR) is 68.8 cm³/mol. The summed E-state index contributed by atoms with van der Waals surface area (Å²) in [5.41, 5.74) is 10.8. The van der Waals surface area contributed by atoms with Crippen LogP contribution < -0.4 is 17.0 Å². The zero-order valence-corrected chi connectivity index (χ0v) is 9.81. The van der Waals surface area contributed by atoms with Crippen LogP contribution in [0.25, 0.3) is 0 Å². The number of nitrogens with two attached hydrogens (primary N) is 2. The van der Waals surface area contributed by atoms with E-state index < -0.39 is 0 Å². The van der Waals surface area contributed by atoms with Crippen LogP contribution in [0.3, 0.4) is 0 Å². The van der Waals surface area contributed by atoms with Crippen molar-refractivity contribution in [3.63, 3.8) is 0 Å². The predicted octanol–water partition coefficient (Wildman–Crippen LogP) is 1.55. The second kappa shape index (κ2) is 5.57. The summed E-state index contributed by atoms with van der Waals surface area (Å²) in [5.74, 6) is 5.27. The number of rotatable bonds is 4. The van der Waals surface area contributed by atoms with Crippen molar-refractivity contribution in [2.45, 2.75) is 12.5 Å². The number of nitrogen functional groups attached to an aromatic ring is 1. The molecule has 5 N–H and O–H groups in total. The van der Waals surface area contributed by atoms with Crippen LogP contribution in [0.5, 0.6) is 0 Å². The van der Waals surface area contributed by atoms with Crippen molar-refractivity contribution in [2.24, 2.45) is 5.84 Å². The highest BCUT2D eigenvalue weighted by Gasteiger charge is 2.13. The molecular formula is C13H15FN4. The Morgan fingerprint density at radius 1 is 1.33 bits per heavy atom. The minimum atomic E-state index is -0.262. The maximum absolute atomic E-state index is 13.1. The van der Waals surface area contributed by atoms with E-state index in [9.17, 15) is 4.39 Å². The molecule has 2 aromatic rings. The lowest BCUT2D eigenvalue weighted by atomic mass is 9.99. The van der Waals surface area contributed by atoms with Gasteiger partial charge in [0.25, 0.3) is 0 Å². The molecule has 2 rings (SSSR count). The SMILES string of the molecule is NNC(Cc1cccc(F)c1)c1cnccc1N. The number of halogens is 1. The van der Waals surface area contributed by atoms with Gasteiger partial charge in [-0.3, -0.25) is 16.3 Å². The first-order valence-electron chi connectivity index (χ1n) is 5.60. The molecule has 0 fully saturated rings. The highest BCUT2D eigenvalue weighted by atomic mass is 19.1. The number of anilines is 1. The van der Waals surface area contributed by atoms with E-state index in [0.717, 1.165) is 11.1 Å². The van der Waals surface area contributed by atoms with Crippen molar-refractivity contribution in [1.29, 1.82) is 0 Å². The van der Waals surface area contributed by atoms with Crippen molar-refractivity contribution >= 4 is 5.69 Å². The van der Waals surface area contributed by atoms with Crippen LogP contribution in [0.1, 0.15) is 17.2 Å². The summed E-state index contributed by atoms with van der Waals surface area (Å²) < 4.78 is 13.1. The fraction of sp³-hybridized carbons (Fsp3) is 0.154. The number of benzene rings is 1. The number of hydrazine groups is 1. The Balaban J connectivity index is 2.23. The number of hydrogen-bond acceptors (Lipinski definition) is 4. The molecule has 4 nitrogen and oxygen atoms in total. The highest BCUT2D eigenvalue weighted by Crippen LogP contribution is 2.22. The molecule has 94 valence electrons. The normalized spacial score (nSPS) is 12.3. The Morgan fingerprint density at radius 2 is 2.17 bits per heavy atom. The molecule has 0 aliphatic rings. The quantitative estimate of drug-likeness (QED) is 0.565. The molecule has 1 atom stereocenters. The van der Waals surface area contributed by atoms with Gasteiger partial charge in [-0.2, -0.15) is 0 Å². The van der Waals surface area contributed by atoms with Crippen molar-refractivity contribution in [3.8, 4) is 0 Å². The molecule has 1 unspecified atom stereocenters. The van der Waals surface area contributed by atoms with Gasteiger partial charge in [0.1, 0.15) is 5.82 Å². The zero-order valence-electron chi connectivity index (χ0n) is 9.81. The maximum atomic E-state index is 13.1. The molecule has 0 aliphatic heterocycles. The van der Waals surface area contributed by atoms with E-state index in [-0.39, 0.29) is 11.9 Å². The van der Waals surface area contributed by atoms with E-state index in [1.54, 1.807) is 24.5 Å². The molecule has 0 amide bonds. The molecule has 1 aromatic carbocycles. The van der Waals surface area contributed by atoms with Crippen molar-refractivity contribution in [1.82, 2.24) is 10.4 Å². The summed E-state index contributed by atoms with van der Waals surface area (Å²) in [5, 5.41) is 0. The van der Waals surface area contributed by atoms with Gasteiger partial charge in [-0.1, -0.05) is 12.1 Å². The van der Waals surface area contributed by atoms with E-state index in [2.05, 4.69) is 10.4 Å². The van der Waals surface area contributed by atoms with Gasteiger partial charge in [-0.15, -0.1) is 0 Å². The minimum absolute atomic E-state index is 0.194. The molecule has 1 heterocycles. The molecule has 0 bridgehead atoms. The third-order valence-corrected chi connectivity index (χ3v) is 2.79. The summed E-state index contributed by atoms with van der Waals surface area (Å²) in [6.45, 7) is 0. The van der Waals surface area contributed by atoms with Crippen LogP contribution in [0, 0.1) is 5.82 Å². The largest absolute Gasteiger partial charge is 0.398 e. The zero-order chi connectivity index (χ0) is 13.0. The van der Waals surface area contributed by atoms with Crippen LogP contribution in [-0.2, 0) is 6.42 Å². The molecule has 18 heavy (non-hydrogen) atoms. The minimum Gasteiger partial charge on any atom is -0.398 e. The molecule has 0 radical (unpaired) electrons. The first-order chi connectivity index (χ1) is 8.70. The maximum Gasteiger partial charge on any atom is 0.123 e. The van der Waals surface area contributed by atoms with E-state index in [1.807, 2.05) is 6.07 Å². The average molecular weight is 246 g/mol. The Morgan fingerprint density at radius 3 is 2.83 bits per heavy atom. The van der Waals surface area contributed by atoms with Crippen LogP contribution in [-0.4, -0.2) is 4.98 Å². The number of nitrogens with zero attached hydrogens (tertiary/aromatic N) is 1. The summed E-state index contributed by atoms with van der Waals surface area (Å²) in [4.78, 5) is 4.02. The second-order valence-corrected chi connectivity index (χ2v) is 4.06. The summed E-state index contributed by atoms with van der Waals surface area (Å²) >= 11 is 0. The van der Waals surface area contributed by atoms with Crippen LogP contribution in [0.4, 0.5) is 10.1 Å². The molecule has 0 saturated heterocycles. The third kappa shape index (κ3) is 2.82. The van der Waals surface area contributed by atoms with Gasteiger partial charge in [-0.05, 0) is 30.2 Å². The topological polar surface area (TPSA) is 77.0 Å². The summed E-state index contributed by atoms with van der Waals surface area (Å²) in [6, 6.07) is 7.93. The molecule has 0 saturated carbocycles. The molecule has 0 spiro atoms. The number of hydrogen-bond donors (Lipinski definition) is 3. The van der Waals surface area contributed by atoms with Gasteiger partial charge in [0.05, 0.1) is 6.04 Å². The lowest BCUT2D eigenvalue weighted by Gasteiger charge is -2.17. The lowest BCUT2D eigenvalue weighted by Crippen LogP contribution is -2.30. The second-order valence-electron chi connectivity index (χ2n) is 4.06. The van der Waals surface area contributed by atoms with Gasteiger partial charge in [0.2, 0.25) is 0 Å². The first-order valence-corrected chi connectivity index (χ1v) is 5.60. The van der Waals surface area contributed by atoms with Gasteiger partial charge in [0, 0.05) is 23.6 Å². The first kappa shape index (κ1) is 12.5. The van der Waals surface area contributed by atoms with E-state index >= 15 is 0 Å². The Hall–Kier alpha value is -1.98. The number of nitrogens with one attached hydrogen (secondary N) is 1. The standard InChI is InChI=1S/C13H15FN4/c14-10-3-1-2-9(6-10)7-13(18-16)11-8-17-5-4-12(11)15/h1-6,8,13,18H,7,16H2,(H2,15,17). The molecule has 0 aliphatic carbocycles. The van der Waals surface area contributed by atoms with Gasteiger partial charge in [0.15, 0.2) is 0 Å². The monoisotopic (exact) mass is 246 g/mol. The van der Waals surface area contributed by atoms with Crippen LogP contribution in [0.2, 0.25) is 0 Å². The van der Waals surface area contributed by atoms with E-state index in [0.29, 0.717) is 12.1 Å². The number of aromatic nitrogens is 1. The van der Waals surface area contributed by atoms with Crippen LogP contribution >= 0.6 is 0 Å². The van der Waals surface area contributed by atoms with E-state index in [4.69, 9.17) is 11.6 Å². The highest BCUT2D eigenvalue weighted by molar-refractivity contribution is 5.46.